The molecule has 1 atom stereocenters. The van der Waals surface area contributed by atoms with Crippen molar-refractivity contribution in [2.75, 3.05) is 5.32 Å². The van der Waals surface area contributed by atoms with E-state index < -0.39 is 0 Å². The summed E-state index contributed by atoms with van der Waals surface area (Å²) in [4.78, 5) is 15.1. The minimum Gasteiger partial charge on any atom is -0.464 e. The highest BCUT2D eigenvalue weighted by atomic mass is 16.5. The third-order valence-electron chi connectivity index (χ3n) is 8.50. The third-order valence-corrected chi connectivity index (χ3v) is 8.50. The summed E-state index contributed by atoms with van der Waals surface area (Å²) in [7, 11) is 0. The zero-order chi connectivity index (χ0) is 29.7. The predicted octanol–water partition coefficient (Wildman–Crippen LogP) is 9.84. The monoisotopic (exact) mass is 578 g/mol. The Bertz CT molecular complexity index is 2310. The van der Waals surface area contributed by atoms with Crippen molar-refractivity contribution in [1.82, 2.24) is 15.0 Å². The molecule has 0 amide bonds. The number of benzene rings is 7. The fraction of sp³-hybridized carbons (Fsp3) is 0.0250. The van der Waals surface area contributed by atoms with Crippen LogP contribution in [0.3, 0.4) is 0 Å². The summed E-state index contributed by atoms with van der Waals surface area (Å²) < 4.78 is 6.42. The number of hydrogen-bond donors (Lipinski definition) is 1. The first kappa shape index (κ1) is 25.4. The molecule has 212 valence electrons. The first-order chi connectivity index (χ1) is 22.2. The molecule has 0 spiro atoms. The van der Waals surface area contributed by atoms with Crippen LogP contribution >= 0.6 is 0 Å². The lowest BCUT2D eigenvalue weighted by molar-refractivity contribution is 0.262. The molecule has 45 heavy (non-hydrogen) atoms. The Morgan fingerprint density at radius 3 is 1.53 bits per heavy atom. The number of fused-ring (bicyclic) bond motifs is 5. The molecular formula is C40H26N4O. The first-order valence-corrected chi connectivity index (χ1v) is 15.0. The summed E-state index contributed by atoms with van der Waals surface area (Å²) in [5, 5.41) is 10.3. The number of ether oxygens (including phenoxy) is 1. The molecule has 0 saturated heterocycles. The highest BCUT2D eigenvalue weighted by molar-refractivity contribution is 5.97. The molecule has 5 heteroatoms. The van der Waals surface area contributed by atoms with Gasteiger partial charge in [-0.05, 0) is 57.3 Å². The number of aromatic nitrogens is 3. The van der Waals surface area contributed by atoms with E-state index >= 15 is 0 Å². The minimum absolute atomic E-state index is 0.218. The van der Waals surface area contributed by atoms with Crippen molar-refractivity contribution >= 4 is 38.0 Å². The van der Waals surface area contributed by atoms with Gasteiger partial charge >= 0.3 is 0 Å². The van der Waals surface area contributed by atoms with Crippen molar-refractivity contribution < 1.29 is 4.74 Å². The van der Waals surface area contributed by atoms with E-state index in [4.69, 9.17) is 19.7 Å². The quantitative estimate of drug-likeness (QED) is 0.225. The van der Waals surface area contributed by atoms with Crippen LogP contribution in [0.15, 0.2) is 146 Å². The molecule has 5 nitrogen and oxygen atoms in total. The van der Waals surface area contributed by atoms with Gasteiger partial charge in [-0.15, -0.1) is 0 Å². The van der Waals surface area contributed by atoms with Crippen LogP contribution in [0.4, 0.5) is 5.69 Å². The zero-order valence-corrected chi connectivity index (χ0v) is 24.2. The third kappa shape index (κ3) is 4.53. The van der Waals surface area contributed by atoms with Crippen LogP contribution in [0, 0.1) is 0 Å². The van der Waals surface area contributed by atoms with E-state index in [0.29, 0.717) is 17.5 Å². The lowest BCUT2D eigenvalue weighted by atomic mass is 10.0. The molecular weight excluding hydrogens is 552 g/mol. The normalized spacial score (nSPS) is 13.9. The van der Waals surface area contributed by atoms with Crippen LogP contribution in [-0.2, 0) is 0 Å². The predicted molar refractivity (Wildman–Crippen MR) is 182 cm³/mol. The van der Waals surface area contributed by atoms with Crippen molar-refractivity contribution in [2.24, 2.45) is 0 Å². The Kier molecular flexibility index (Phi) is 5.81. The second kappa shape index (κ2) is 10.3. The number of hydrogen-bond acceptors (Lipinski definition) is 5. The van der Waals surface area contributed by atoms with E-state index in [0.717, 1.165) is 55.2 Å². The van der Waals surface area contributed by atoms with Gasteiger partial charge in [-0.1, -0.05) is 115 Å². The molecule has 2 heterocycles. The second-order valence-electron chi connectivity index (χ2n) is 11.4. The topological polar surface area (TPSA) is 59.9 Å². The van der Waals surface area contributed by atoms with E-state index in [2.05, 4.69) is 133 Å². The van der Waals surface area contributed by atoms with Crippen LogP contribution < -0.4 is 10.1 Å². The van der Waals surface area contributed by atoms with Crippen molar-refractivity contribution in [3.8, 4) is 39.9 Å². The van der Waals surface area contributed by atoms with Gasteiger partial charge in [-0.2, -0.15) is 0 Å². The largest absolute Gasteiger partial charge is 0.464 e. The molecule has 1 N–H and O–H groups in total. The van der Waals surface area contributed by atoms with Crippen molar-refractivity contribution in [3.63, 3.8) is 0 Å². The first-order valence-electron chi connectivity index (χ1n) is 15.0. The summed E-state index contributed by atoms with van der Waals surface area (Å²) in [5.41, 5.74) is 4.89. The van der Waals surface area contributed by atoms with E-state index in [9.17, 15) is 0 Å². The maximum absolute atomic E-state index is 6.42. The van der Waals surface area contributed by atoms with Crippen molar-refractivity contribution in [3.05, 3.63) is 151 Å². The number of anilines is 1. The molecule has 8 aromatic rings. The van der Waals surface area contributed by atoms with E-state index in [1.807, 2.05) is 18.2 Å². The van der Waals surface area contributed by atoms with Gasteiger partial charge in [-0.25, -0.2) is 15.0 Å². The molecule has 9 rings (SSSR count). The van der Waals surface area contributed by atoms with Gasteiger partial charge in [-0.3, -0.25) is 0 Å². The molecule has 0 aliphatic carbocycles. The molecule has 1 aliphatic heterocycles. The van der Waals surface area contributed by atoms with E-state index in [-0.39, 0.29) is 6.23 Å². The van der Waals surface area contributed by atoms with Crippen molar-refractivity contribution in [1.29, 1.82) is 0 Å². The standard InChI is InChI=1S/C40H26N4O/c1-2-10-27(11-3-1)40-41-35-21-19-30-24-33(18-20-34(30)36(35)45-40)39-43-37(31-16-14-25-8-4-6-12-28(25)22-31)42-38(44-39)32-17-15-26-9-5-7-13-29(26)23-32/h1-24,40-41H. The summed E-state index contributed by atoms with van der Waals surface area (Å²) in [6.45, 7) is 0. The highest BCUT2D eigenvalue weighted by Gasteiger charge is 2.25. The van der Waals surface area contributed by atoms with Gasteiger partial charge in [0, 0.05) is 27.6 Å². The summed E-state index contributed by atoms with van der Waals surface area (Å²) in [6, 6.07) is 50.1. The Labute approximate surface area is 259 Å². The average Bonchev–Trinajstić information content (AvgIpc) is 3.56. The lowest BCUT2D eigenvalue weighted by Gasteiger charge is -2.12. The highest BCUT2D eigenvalue weighted by Crippen LogP contribution is 2.44. The lowest BCUT2D eigenvalue weighted by Crippen LogP contribution is -2.09. The maximum Gasteiger partial charge on any atom is 0.196 e. The summed E-state index contributed by atoms with van der Waals surface area (Å²) in [6.07, 6.45) is -0.218. The minimum atomic E-state index is -0.218. The number of rotatable bonds is 4. The van der Waals surface area contributed by atoms with Crippen LogP contribution in [0.2, 0.25) is 0 Å². The van der Waals surface area contributed by atoms with Crippen LogP contribution in [0.1, 0.15) is 11.8 Å². The molecule has 0 fully saturated rings. The van der Waals surface area contributed by atoms with Crippen LogP contribution in [0.25, 0.3) is 66.5 Å². The summed E-state index contributed by atoms with van der Waals surface area (Å²) >= 11 is 0. The summed E-state index contributed by atoms with van der Waals surface area (Å²) in [5.74, 6) is 2.76. The maximum atomic E-state index is 6.42. The van der Waals surface area contributed by atoms with E-state index in [1.54, 1.807) is 0 Å². The number of nitrogens with zero attached hydrogens (tertiary/aromatic N) is 3. The molecule has 1 aliphatic rings. The van der Waals surface area contributed by atoms with Gasteiger partial charge in [0.05, 0.1) is 5.69 Å². The zero-order valence-electron chi connectivity index (χ0n) is 24.2. The van der Waals surface area contributed by atoms with Gasteiger partial charge < -0.3 is 10.1 Å². The molecule has 0 bridgehead atoms. The van der Waals surface area contributed by atoms with Crippen LogP contribution in [-0.4, -0.2) is 15.0 Å². The van der Waals surface area contributed by atoms with Gasteiger partial charge in [0.2, 0.25) is 0 Å². The SMILES string of the molecule is c1ccc(C2Nc3ccc4cc(-c5nc(-c6ccc7ccccc7c6)nc(-c6ccc7ccccc7c6)n5)ccc4c3O2)cc1. The Morgan fingerprint density at radius 1 is 0.444 bits per heavy atom. The average molecular weight is 579 g/mol. The van der Waals surface area contributed by atoms with Crippen molar-refractivity contribution in [2.45, 2.75) is 6.23 Å². The smallest absolute Gasteiger partial charge is 0.196 e. The van der Waals surface area contributed by atoms with E-state index in [1.165, 1.54) is 10.8 Å². The fourth-order valence-corrected chi connectivity index (χ4v) is 6.17. The second-order valence-corrected chi connectivity index (χ2v) is 11.4. The molecule has 0 radical (unpaired) electrons. The van der Waals surface area contributed by atoms with Gasteiger partial charge in [0.25, 0.3) is 0 Å². The fourth-order valence-electron chi connectivity index (χ4n) is 6.17. The molecule has 1 aromatic heterocycles. The Morgan fingerprint density at radius 2 is 0.933 bits per heavy atom. The Balaban J connectivity index is 1.17. The van der Waals surface area contributed by atoms with Gasteiger partial charge in [0.15, 0.2) is 29.5 Å². The Hall–Kier alpha value is -6.07. The molecule has 7 aromatic carbocycles. The van der Waals surface area contributed by atoms with Crippen LogP contribution in [0.5, 0.6) is 5.75 Å². The molecule has 1 unspecified atom stereocenters. The number of nitrogens with one attached hydrogen (secondary N) is 1. The molecule has 0 saturated carbocycles. The van der Waals surface area contributed by atoms with Gasteiger partial charge in [0.1, 0.15) is 0 Å².